The molecule has 0 aromatic carbocycles. The van der Waals surface area contributed by atoms with Gasteiger partial charge in [-0.15, -0.1) is 0 Å². The van der Waals surface area contributed by atoms with E-state index in [9.17, 15) is 40.5 Å². The number of aliphatic hydroxyl groups excluding tert-OH is 7. The molecule has 2 aliphatic heterocycles. The predicted octanol–water partition coefficient (Wildman–Crippen LogP) is -1.73. The number of nitrogens with one attached hydrogen (secondary N) is 1. The molecule has 2 fully saturated rings. The maximum absolute atomic E-state index is 12.0. The SMILES string of the molecule is CCCCCCCCCCC(=O)NCCOC1OC(CO)[C@H](OC2OC(CO)[C@H](O)C(O)[C@H]2O)C(O)[C@H]1O. The van der Waals surface area contributed by atoms with Crippen LogP contribution in [0, 0.1) is 0 Å². The lowest BCUT2D eigenvalue weighted by Crippen LogP contribution is -2.64. The van der Waals surface area contributed by atoms with E-state index >= 15 is 0 Å². The van der Waals surface area contributed by atoms with Crippen molar-refractivity contribution in [1.29, 1.82) is 0 Å². The second-order valence-electron chi connectivity index (χ2n) is 9.95. The second kappa shape index (κ2) is 17.7. The van der Waals surface area contributed by atoms with Gasteiger partial charge in [-0.25, -0.2) is 0 Å². The van der Waals surface area contributed by atoms with Crippen LogP contribution in [0.1, 0.15) is 64.7 Å². The summed E-state index contributed by atoms with van der Waals surface area (Å²) in [7, 11) is 0. The maximum Gasteiger partial charge on any atom is 0.220 e. The molecule has 38 heavy (non-hydrogen) atoms. The van der Waals surface area contributed by atoms with Crippen molar-refractivity contribution in [2.24, 2.45) is 0 Å². The molecule has 13 nitrogen and oxygen atoms in total. The molecule has 2 aliphatic rings. The fraction of sp³-hybridized carbons (Fsp3) is 0.960. The maximum atomic E-state index is 12.0. The number of rotatable bonds is 17. The number of hydrogen-bond acceptors (Lipinski definition) is 12. The van der Waals surface area contributed by atoms with Crippen molar-refractivity contribution in [1.82, 2.24) is 5.32 Å². The molecular formula is C25H47NO12. The zero-order valence-corrected chi connectivity index (χ0v) is 22.1. The second-order valence-corrected chi connectivity index (χ2v) is 9.95. The zero-order valence-electron chi connectivity index (χ0n) is 22.1. The van der Waals surface area contributed by atoms with Gasteiger partial charge in [0.1, 0.15) is 48.8 Å². The molecule has 13 heteroatoms. The van der Waals surface area contributed by atoms with Crippen LogP contribution in [0.3, 0.4) is 0 Å². The van der Waals surface area contributed by atoms with E-state index in [1.165, 1.54) is 32.1 Å². The Labute approximate surface area is 223 Å². The summed E-state index contributed by atoms with van der Waals surface area (Å²) in [6.07, 6.45) is -5.53. The molecule has 0 bridgehead atoms. The fourth-order valence-corrected chi connectivity index (χ4v) is 4.57. The summed E-state index contributed by atoms with van der Waals surface area (Å²) in [5.74, 6) is -0.106. The van der Waals surface area contributed by atoms with Gasteiger partial charge in [0.2, 0.25) is 5.91 Å². The molecule has 1 amide bonds. The summed E-state index contributed by atoms with van der Waals surface area (Å²) in [5, 5.41) is 72.9. The highest BCUT2D eigenvalue weighted by atomic mass is 16.7. The summed E-state index contributed by atoms with van der Waals surface area (Å²) in [6, 6.07) is 0. The molecule has 0 spiro atoms. The number of unbranched alkanes of at least 4 members (excludes halogenated alkanes) is 7. The highest BCUT2D eigenvalue weighted by Gasteiger charge is 2.50. The van der Waals surface area contributed by atoms with Gasteiger partial charge in [-0.2, -0.15) is 0 Å². The van der Waals surface area contributed by atoms with Crippen LogP contribution in [-0.2, 0) is 23.7 Å². The molecule has 0 aliphatic carbocycles. The summed E-state index contributed by atoms with van der Waals surface area (Å²) in [5.41, 5.74) is 0. The van der Waals surface area contributed by atoms with Gasteiger partial charge in [0.05, 0.1) is 19.8 Å². The normalized spacial score (nSPS) is 35.8. The minimum atomic E-state index is -1.74. The van der Waals surface area contributed by atoms with Crippen LogP contribution < -0.4 is 5.32 Å². The first kappa shape index (κ1) is 33.2. The molecule has 0 saturated carbocycles. The molecule has 0 radical (unpaired) electrons. The average molecular weight is 554 g/mol. The molecule has 0 aromatic heterocycles. The minimum absolute atomic E-state index is 0.0198. The van der Waals surface area contributed by atoms with Crippen LogP contribution in [0.15, 0.2) is 0 Å². The molecule has 10 atom stereocenters. The number of carbonyl (C=O) groups is 1. The quantitative estimate of drug-likeness (QED) is 0.0946. The van der Waals surface area contributed by atoms with Crippen molar-refractivity contribution in [3.8, 4) is 0 Å². The first-order valence-corrected chi connectivity index (χ1v) is 13.7. The van der Waals surface area contributed by atoms with E-state index in [-0.39, 0.29) is 19.1 Å². The lowest BCUT2D eigenvalue weighted by Gasteiger charge is -2.45. The first-order valence-electron chi connectivity index (χ1n) is 13.7. The molecule has 2 saturated heterocycles. The van der Waals surface area contributed by atoms with Crippen molar-refractivity contribution >= 4 is 5.91 Å². The van der Waals surface area contributed by atoms with Gasteiger partial charge in [-0.3, -0.25) is 4.79 Å². The van der Waals surface area contributed by atoms with Gasteiger partial charge < -0.3 is 60.0 Å². The molecule has 2 rings (SSSR count). The van der Waals surface area contributed by atoms with Gasteiger partial charge in [-0.05, 0) is 6.42 Å². The predicted molar refractivity (Wildman–Crippen MR) is 133 cm³/mol. The molecule has 2 heterocycles. The van der Waals surface area contributed by atoms with Crippen molar-refractivity contribution in [2.75, 3.05) is 26.4 Å². The summed E-state index contributed by atoms with van der Waals surface area (Å²) < 4.78 is 21.8. The van der Waals surface area contributed by atoms with E-state index < -0.39 is 74.6 Å². The Morgan fingerprint density at radius 2 is 1.32 bits per heavy atom. The highest BCUT2D eigenvalue weighted by Crippen LogP contribution is 2.29. The van der Waals surface area contributed by atoms with Crippen molar-refractivity contribution in [3.63, 3.8) is 0 Å². The third-order valence-corrected chi connectivity index (χ3v) is 6.92. The highest BCUT2D eigenvalue weighted by molar-refractivity contribution is 5.75. The largest absolute Gasteiger partial charge is 0.394 e. The van der Waals surface area contributed by atoms with E-state index in [4.69, 9.17) is 18.9 Å². The summed E-state index contributed by atoms with van der Waals surface area (Å²) in [6.45, 7) is 0.999. The number of aliphatic hydroxyl groups is 7. The fourth-order valence-electron chi connectivity index (χ4n) is 4.57. The summed E-state index contributed by atoms with van der Waals surface area (Å²) in [4.78, 5) is 12.0. The van der Waals surface area contributed by atoms with Crippen LogP contribution in [0.25, 0.3) is 0 Å². The third-order valence-electron chi connectivity index (χ3n) is 6.92. The van der Waals surface area contributed by atoms with E-state index in [1.807, 2.05) is 0 Å². The van der Waals surface area contributed by atoms with Crippen molar-refractivity contribution < 1.29 is 59.5 Å². The Kier molecular flexibility index (Phi) is 15.5. The van der Waals surface area contributed by atoms with Gasteiger partial charge in [0.15, 0.2) is 12.6 Å². The van der Waals surface area contributed by atoms with Crippen molar-refractivity contribution in [2.45, 2.75) is 126 Å². The summed E-state index contributed by atoms with van der Waals surface area (Å²) >= 11 is 0. The van der Waals surface area contributed by atoms with E-state index in [2.05, 4.69) is 12.2 Å². The van der Waals surface area contributed by atoms with Gasteiger partial charge in [-0.1, -0.05) is 51.9 Å². The van der Waals surface area contributed by atoms with E-state index in [0.29, 0.717) is 6.42 Å². The zero-order chi connectivity index (χ0) is 28.1. The van der Waals surface area contributed by atoms with Crippen LogP contribution in [-0.4, -0.2) is 129 Å². The lowest BCUT2D eigenvalue weighted by molar-refractivity contribution is -0.359. The van der Waals surface area contributed by atoms with Gasteiger partial charge in [0.25, 0.3) is 0 Å². The Morgan fingerprint density at radius 3 is 1.95 bits per heavy atom. The van der Waals surface area contributed by atoms with Crippen LogP contribution in [0.2, 0.25) is 0 Å². The van der Waals surface area contributed by atoms with Crippen molar-refractivity contribution in [3.05, 3.63) is 0 Å². The van der Waals surface area contributed by atoms with Crippen LogP contribution in [0.5, 0.6) is 0 Å². The number of carbonyl (C=O) groups excluding carboxylic acids is 1. The average Bonchev–Trinajstić information content (AvgIpc) is 2.91. The van der Waals surface area contributed by atoms with Gasteiger partial charge >= 0.3 is 0 Å². The van der Waals surface area contributed by atoms with Crippen LogP contribution in [0.4, 0.5) is 0 Å². The Balaban J connectivity index is 1.72. The Morgan fingerprint density at radius 1 is 0.737 bits per heavy atom. The monoisotopic (exact) mass is 553 g/mol. The molecule has 0 aromatic rings. The molecule has 6 unspecified atom stereocenters. The van der Waals surface area contributed by atoms with E-state index in [1.54, 1.807) is 0 Å². The smallest absolute Gasteiger partial charge is 0.220 e. The minimum Gasteiger partial charge on any atom is -0.394 e. The van der Waals surface area contributed by atoms with Gasteiger partial charge in [0, 0.05) is 13.0 Å². The third kappa shape index (κ3) is 9.89. The molecule has 224 valence electrons. The lowest BCUT2D eigenvalue weighted by atomic mass is 9.97. The van der Waals surface area contributed by atoms with E-state index in [0.717, 1.165) is 19.3 Å². The topological polar surface area (TPSA) is 208 Å². The Hall–Kier alpha value is -0.970. The number of amides is 1. The number of hydrogen-bond donors (Lipinski definition) is 8. The Bertz CT molecular complexity index is 654. The molecule has 8 N–H and O–H groups in total. The standard InChI is InChI=1S/C25H47NO12/c1-2-3-4-5-6-7-8-9-10-17(29)26-11-12-35-24-22(34)20(32)23(16(14-28)37-24)38-25-21(33)19(31)18(30)15(13-27)36-25/h15-16,18-25,27-28,30-34H,2-14H2,1H3,(H,26,29)/t15?,16?,18-,19?,20?,21+,22+,23-,24?,25?/m0/s1. The molecular weight excluding hydrogens is 506 g/mol. The van der Waals surface area contributed by atoms with Crippen LogP contribution >= 0.6 is 0 Å². The number of ether oxygens (including phenoxy) is 4. The first-order chi connectivity index (χ1) is 18.2.